The van der Waals surface area contributed by atoms with Gasteiger partial charge in [-0.1, -0.05) is 83.6 Å². The normalized spacial score (nSPS) is 15.0. The number of ether oxygens (including phenoxy) is 2. The van der Waals surface area contributed by atoms with Gasteiger partial charge in [-0.25, -0.2) is 14.2 Å². The van der Waals surface area contributed by atoms with Gasteiger partial charge in [-0.05, 0) is 61.2 Å². The Labute approximate surface area is 255 Å². The van der Waals surface area contributed by atoms with Gasteiger partial charge in [-0.15, -0.1) is 0 Å². The van der Waals surface area contributed by atoms with Crippen LogP contribution in [-0.4, -0.2) is 17.1 Å². The first-order valence-electron chi connectivity index (χ1n) is 13.6. The highest BCUT2D eigenvalue weighted by molar-refractivity contribution is 9.10. The van der Waals surface area contributed by atoms with Crippen molar-refractivity contribution in [3.63, 3.8) is 0 Å². The molecule has 0 unspecified atom stereocenters. The van der Waals surface area contributed by atoms with Crippen molar-refractivity contribution in [3.8, 4) is 5.75 Å². The number of rotatable bonds is 8. The van der Waals surface area contributed by atoms with Crippen LogP contribution in [0, 0.1) is 5.82 Å². The molecule has 1 aliphatic heterocycles. The molecule has 0 saturated heterocycles. The van der Waals surface area contributed by atoms with Crippen molar-refractivity contribution in [2.45, 2.75) is 46.3 Å². The number of aromatic nitrogens is 1. The number of carbonyl (C=O) groups is 1. The molecule has 5 rings (SSSR count). The zero-order chi connectivity index (χ0) is 30.0. The first-order chi connectivity index (χ1) is 20.2. The molecule has 0 N–H and O–H groups in total. The van der Waals surface area contributed by atoms with Crippen LogP contribution in [0.5, 0.6) is 5.75 Å². The average Bonchev–Trinajstić information content (AvgIpc) is 3.26. The SMILES string of the molecule is CCOC(=O)C1=C(C)N=c2s/c(=C\c3cc(Br)ccc3OCc3ccccc3F)c(=O)n2[C@@H]1c1ccc(C(C)C)cc1. The molecule has 0 amide bonds. The smallest absolute Gasteiger partial charge is 0.338 e. The lowest BCUT2D eigenvalue weighted by Gasteiger charge is -2.25. The lowest BCUT2D eigenvalue weighted by atomic mass is 9.93. The second-order valence-corrected chi connectivity index (χ2v) is 12.1. The molecule has 1 aromatic heterocycles. The van der Waals surface area contributed by atoms with E-state index in [-0.39, 0.29) is 24.6 Å². The number of hydrogen-bond donors (Lipinski definition) is 0. The number of hydrogen-bond acceptors (Lipinski definition) is 6. The van der Waals surface area contributed by atoms with Crippen molar-refractivity contribution in [2.24, 2.45) is 4.99 Å². The Hall–Kier alpha value is -3.82. The van der Waals surface area contributed by atoms with Crippen molar-refractivity contribution in [1.29, 1.82) is 0 Å². The van der Waals surface area contributed by atoms with Crippen LogP contribution in [0.25, 0.3) is 6.08 Å². The van der Waals surface area contributed by atoms with E-state index >= 15 is 0 Å². The highest BCUT2D eigenvalue weighted by atomic mass is 79.9. The van der Waals surface area contributed by atoms with Gasteiger partial charge in [-0.3, -0.25) is 9.36 Å². The summed E-state index contributed by atoms with van der Waals surface area (Å²) in [4.78, 5) is 32.4. The first-order valence-corrected chi connectivity index (χ1v) is 15.2. The third-order valence-corrected chi connectivity index (χ3v) is 8.51. The Morgan fingerprint density at radius 1 is 1.14 bits per heavy atom. The van der Waals surface area contributed by atoms with Gasteiger partial charge in [0.1, 0.15) is 18.2 Å². The highest BCUT2D eigenvalue weighted by Gasteiger charge is 2.33. The molecule has 216 valence electrons. The molecule has 0 aliphatic carbocycles. The number of thiazole rings is 1. The quantitative estimate of drug-likeness (QED) is 0.207. The number of nitrogens with zero attached hydrogens (tertiary/aromatic N) is 2. The van der Waals surface area contributed by atoms with E-state index in [0.717, 1.165) is 15.6 Å². The third kappa shape index (κ3) is 6.03. The summed E-state index contributed by atoms with van der Waals surface area (Å²) in [7, 11) is 0. The fourth-order valence-electron chi connectivity index (χ4n) is 4.85. The van der Waals surface area contributed by atoms with E-state index in [9.17, 15) is 14.0 Å². The van der Waals surface area contributed by atoms with Crippen LogP contribution >= 0.6 is 27.3 Å². The Morgan fingerprint density at radius 2 is 1.88 bits per heavy atom. The summed E-state index contributed by atoms with van der Waals surface area (Å²) >= 11 is 4.74. The second-order valence-electron chi connectivity index (χ2n) is 10.2. The molecule has 2 heterocycles. The van der Waals surface area contributed by atoms with E-state index in [1.807, 2.05) is 36.4 Å². The van der Waals surface area contributed by atoms with E-state index in [2.05, 4.69) is 34.8 Å². The van der Waals surface area contributed by atoms with Gasteiger partial charge in [0.25, 0.3) is 5.56 Å². The summed E-state index contributed by atoms with van der Waals surface area (Å²) in [6.45, 7) is 7.98. The molecule has 1 atom stereocenters. The Kier molecular flexibility index (Phi) is 8.89. The number of esters is 1. The molecular formula is C33H30BrFN2O4S. The number of allylic oxidation sites excluding steroid dienone is 1. The lowest BCUT2D eigenvalue weighted by Crippen LogP contribution is -2.39. The molecule has 6 nitrogen and oxygen atoms in total. The van der Waals surface area contributed by atoms with E-state index in [1.165, 1.54) is 17.4 Å². The van der Waals surface area contributed by atoms with Crippen LogP contribution in [0.2, 0.25) is 0 Å². The first kappa shape index (κ1) is 29.7. The van der Waals surface area contributed by atoms with Gasteiger partial charge >= 0.3 is 5.97 Å². The number of benzene rings is 3. The lowest BCUT2D eigenvalue weighted by molar-refractivity contribution is -0.139. The Bertz CT molecular complexity index is 1860. The predicted molar refractivity (Wildman–Crippen MR) is 166 cm³/mol. The van der Waals surface area contributed by atoms with Crippen LogP contribution in [0.4, 0.5) is 4.39 Å². The minimum atomic E-state index is -0.692. The highest BCUT2D eigenvalue weighted by Crippen LogP contribution is 2.32. The third-order valence-electron chi connectivity index (χ3n) is 7.04. The number of fused-ring (bicyclic) bond motifs is 1. The summed E-state index contributed by atoms with van der Waals surface area (Å²) in [5.41, 5.74) is 3.58. The molecule has 0 bridgehead atoms. The fourth-order valence-corrected chi connectivity index (χ4v) is 6.26. The van der Waals surface area contributed by atoms with Crippen LogP contribution in [0.1, 0.15) is 61.9 Å². The minimum Gasteiger partial charge on any atom is -0.488 e. The number of halogens is 2. The standard InChI is InChI=1S/C33H30BrFN2O4S/c1-5-40-32(39)29-20(4)36-33-37(30(29)22-12-10-21(11-13-22)19(2)3)31(38)28(42-33)17-24-16-25(34)14-15-27(24)41-18-23-8-6-7-9-26(23)35/h6-17,19,30H,5,18H2,1-4H3/b28-17-/t30-/m1/s1. The maximum absolute atomic E-state index is 14.2. The molecule has 42 heavy (non-hydrogen) atoms. The van der Waals surface area contributed by atoms with Gasteiger partial charge in [-0.2, -0.15) is 0 Å². The maximum atomic E-state index is 14.2. The van der Waals surface area contributed by atoms with Crippen molar-refractivity contribution in [3.05, 3.63) is 130 Å². The number of carbonyl (C=O) groups excluding carboxylic acids is 1. The predicted octanol–water partition coefficient (Wildman–Crippen LogP) is 6.40. The van der Waals surface area contributed by atoms with Gasteiger partial charge in [0, 0.05) is 15.6 Å². The average molecular weight is 650 g/mol. The monoisotopic (exact) mass is 648 g/mol. The van der Waals surface area contributed by atoms with Gasteiger partial charge in [0.2, 0.25) is 0 Å². The van der Waals surface area contributed by atoms with Crippen LogP contribution in [0.15, 0.2) is 92.3 Å². The van der Waals surface area contributed by atoms with Crippen molar-refractivity contribution in [1.82, 2.24) is 4.57 Å². The fraction of sp³-hybridized carbons (Fsp3) is 0.242. The van der Waals surface area contributed by atoms with Crippen LogP contribution < -0.4 is 19.6 Å². The topological polar surface area (TPSA) is 69.9 Å². The van der Waals surface area contributed by atoms with Gasteiger partial charge in [0.05, 0.1) is 28.5 Å². The molecule has 4 aromatic rings. The molecular weight excluding hydrogens is 619 g/mol. The summed E-state index contributed by atoms with van der Waals surface area (Å²) in [6.07, 6.45) is 1.74. The molecule has 9 heteroatoms. The van der Waals surface area contributed by atoms with E-state index in [4.69, 9.17) is 9.47 Å². The van der Waals surface area contributed by atoms with Crippen LogP contribution in [-0.2, 0) is 16.1 Å². The molecule has 0 saturated carbocycles. The van der Waals surface area contributed by atoms with E-state index in [1.54, 1.807) is 48.8 Å². The molecule has 0 spiro atoms. The summed E-state index contributed by atoms with van der Waals surface area (Å²) in [5, 5.41) is 0. The van der Waals surface area contributed by atoms with Gasteiger partial charge in [0.15, 0.2) is 4.80 Å². The Balaban J connectivity index is 1.62. The molecule has 0 radical (unpaired) electrons. The van der Waals surface area contributed by atoms with Crippen LogP contribution in [0.3, 0.4) is 0 Å². The second kappa shape index (κ2) is 12.6. The molecule has 0 fully saturated rings. The summed E-state index contributed by atoms with van der Waals surface area (Å²) in [6, 6.07) is 19.1. The zero-order valence-electron chi connectivity index (χ0n) is 23.7. The molecule has 1 aliphatic rings. The maximum Gasteiger partial charge on any atom is 0.338 e. The zero-order valence-corrected chi connectivity index (χ0v) is 26.1. The Morgan fingerprint density at radius 3 is 2.57 bits per heavy atom. The molecule has 3 aromatic carbocycles. The van der Waals surface area contributed by atoms with Crippen molar-refractivity contribution in [2.75, 3.05) is 6.61 Å². The van der Waals surface area contributed by atoms with E-state index < -0.39 is 12.0 Å². The summed E-state index contributed by atoms with van der Waals surface area (Å²) < 4.78 is 28.4. The summed E-state index contributed by atoms with van der Waals surface area (Å²) in [5.74, 6) is -0.0141. The van der Waals surface area contributed by atoms with Crippen molar-refractivity contribution >= 4 is 39.3 Å². The van der Waals surface area contributed by atoms with E-state index in [0.29, 0.717) is 43.4 Å². The minimum absolute atomic E-state index is 0.0326. The van der Waals surface area contributed by atoms with Crippen molar-refractivity contribution < 1.29 is 18.7 Å². The largest absolute Gasteiger partial charge is 0.488 e. The van der Waals surface area contributed by atoms with Gasteiger partial charge < -0.3 is 9.47 Å².